The highest BCUT2D eigenvalue weighted by atomic mass is 32.1. The summed E-state index contributed by atoms with van der Waals surface area (Å²) in [4.78, 5) is 6.57. The van der Waals surface area contributed by atoms with Gasteiger partial charge in [-0.2, -0.15) is 5.48 Å². The van der Waals surface area contributed by atoms with Gasteiger partial charge in [0.2, 0.25) is 0 Å². The molecule has 1 heterocycles. The third-order valence-corrected chi connectivity index (χ3v) is 2.83. The van der Waals surface area contributed by atoms with Gasteiger partial charge in [-0.05, 0) is 24.3 Å². The lowest BCUT2D eigenvalue weighted by atomic mass is 10.0. The average molecular weight is 199 g/mol. The number of hydroxylamine groups is 1. The molecule has 13 heavy (non-hydrogen) atoms. The molecule has 1 aromatic heterocycles. The fourth-order valence-corrected chi connectivity index (χ4v) is 2.10. The number of thiophene rings is 1. The minimum Gasteiger partial charge on any atom is -0.301 e. The molecule has 0 saturated heterocycles. The van der Waals surface area contributed by atoms with Gasteiger partial charge in [-0.15, -0.1) is 11.3 Å². The first-order valence-corrected chi connectivity index (χ1v) is 5.54. The second kappa shape index (κ2) is 5.37. The van der Waals surface area contributed by atoms with Gasteiger partial charge < -0.3 is 4.84 Å². The van der Waals surface area contributed by atoms with E-state index < -0.39 is 0 Å². The highest BCUT2D eigenvalue weighted by Gasteiger charge is 2.15. The van der Waals surface area contributed by atoms with Crippen LogP contribution in [0.25, 0.3) is 0 Å². The zero-order valence-electron chi connectivity index (χ0n) is 8.41. The van der Waals surface area contributed by atoms with Crippen LogP contribution in [0.2, 0.25) is 0 Å². The smallest absolute Gasteiger partial charge is 0.0687 e. The van der Waals surface area contributed by atoms with E-state index >= 15 is 0 Å². The molecule has 2 nitrogen and oxygen atoms in total. The lowest BCUT2D eigenvalue weighted by Gasteiger charge is -2.20. The Morgan fingerprint density at radius 3 is 2.77 bits per heavy atom. The quantitative estimate of drug-likeness (QED) is 0.736. The van der Waals surface area contributed by atoms with Crippen LogP contribution in [0.3, 0.4) is 0 Å². The summed E-state index contributed by atoms with van der Waals surface area (Å²) in [7, 11) is 0. The molecule has 0 aliphatic carbocycles. The van der Waals surface area contributed by atoms with Gasteiger partial charge in [-0.3, -0.25) is 0 Å². The number of nitrogens with one attached hydrogen (secondary N) is 1. The Labute approximate surface area is 83.9 Å². The van der Waals surface area contributed by atoms with E-state index in [0.29, 0.717) is 18.6 Å². The molecule has 0 fully saturated rings. The number of rotatable bonds is 5. The van der Waals surface area contributed by atoms with Crippen LogP contribution in [0.5, 0.6) is 0 Å². The van der Waals surface area contributed by atoms with Crippen molar-refractivity contribution < 1.29 is 4.84 Å². The van der Waals surface area contributed by atoms with Crippen LogP contribution in [-0.2, 0) is 4.84 Å². The number of hydrogen-bond acceptors (Lipinski definition) is 3. The van der Waals surface area contributed by atoms with Gasteiger partial charge in [-0.1, -0.05) is 19.9 Å². The maximum absolute atomic E-state index is 5.24. The van der Waals surface area contributed by atoms with Crippen molar-refractivity contribution in [1.29, 1.82) is 0 Å². The third-order valence-electron chi connectivity index (χ3n) is 1.87. The van der Waals surface area contributed by atoms with Crippen molar-refractivity contribution in [2.75, 3.05) is 6.61 Å². The van der Waals surface area contributed by atoms with Crippen molar-refractivity contribution in [3.05, 3.63) is 22.4 Å². The molecule has 0 amide bonds. The van der Waals surface area contributed by atoms with Crippen molar-refractivity contribution in [1.82, 2.24) is 5.48 Å². The zero-order valence-corrected chi connectivity index (χ0v) is 9.23. The minimum absolute atomic E-state index is 0.319. The maximum Gasteiger partial charge on any atom is 0.0687 e. The Bertz CT molecular complexity index is 221. The summed E-state index contributed by atoms with van der Waals surface area (Å²) in [6, 6.07) is 4.53. The first kappa shape index (κ1) is 10.7. The molecule has 1 unspecified atom stereocenters. The minimum atomic E-state index is 0.319. The van der Waals surface area contributed by atoms with Gasteiger partial charge in [0.05, 0.1) is 12.6 Å². The molecule has 0 aliphatic rings. The Balaban J connectivity index is 2.58. The molecule has 1 N–H and O–H groups in total. The van der Waals surface area contributed by atoms with Crippen molar-refractivity contribution in [2.24, 2.45) is 5.92 Å². The lowest BCUT2D eigenvalue weighted by molar-refractivity contribution is 0.0131. The second-order valence-electron chi connectivity index (χ2n) is 3.29. The summed E-state index contributed by atoms with van der Waals surface area (Å²) in [5.74, 6) is 0.546. The van der Waals surface area contributed by atoms with E-state index in [9.17, 15) is 0 Å². The van der Waals surface area contributed by atoms with Gasteiger partial charge in [-0.25, -0.2) is 0 Å². The van der Waals surface area contributed by atoms with E-state index in [1.54, 1.807) is 11.3 Å². The van der Waals surface area contributed by atoms with Crippen molar-refractivity contribution in [3.63, 3.8) is 0 Å². The van der Waals surface area contributed by atoms with Crippen LogP contribution in [0.15, 0.2) is 17.5 Å². The number of hydrogen-bond donors (Lipinski definition) is 1. The van der Waals surface area contributed by atoms with Gasteiger partial charge >= 0.3 is 0 Å². The summed E-state index contributed by atoms with van der Waals surface area (Å²) in [6.07, 6.45) is 0. The normalized spacial score (nSPS) is 13.5. The Hall–Kier alpha value is -0.380. The first-order chi connectivity index (χ1) is 6.25. The van der Waals surface area contributed by atoms with Crippen LogP contribution in [-0.4, -0.2) is 6.61 Å². The maximum atomic E-state index is 5.24. The lowest BCUT2D eigenvalue weighted by Crippen LogP contribution is -2.25. The molecule has 0 spiro atoms. The molecule has 0 saturated carbocycles. The molecule has 1 rings (SSSR count). The molecular formula is C10H17NOS. The molecular weight excluding hydrogens is 182 g/mol. The highest BCUT2D eigenvalue weighted by molar-refractivity contribution is 7.10. The summed E-state index contributed by atoms with van der Waals surface area (Å²) < 4.78 is 0. The average Bonchev–Trinajstić information content (AvgIpc) is 2.57. The standard InChI is InChI=1S/C10H17NOS/c1-4-12-11-10(8(2)3)9-6-5-7-13-9/h5-8,10-11H,4H2,1-3H3. The Morgan fingerprint density at radius 2 is 2.31 bits per heavy atom. The zero-order chi connectivity index (χ0) is 9.68. The molecule has 0 aromatic carbocycles. The largest absolute Gasteiger partial charge is 0.301 e. The first-order valence-electron chi connectivity index (χ1n) is 4.66. The Morgan fingerprint density at radius 1 is 1.54 bits per heavy atom. The predicted octanol–water partition coefficient (Wildman–Crippen LogP) is 2.99. The molecule has 1 atom stereocenters. The van der Waals surface area contributed by atoms with Gasteiger partial charge in [0.1, 0.15) is 0 Å². The van der Waals surface area contributed by atoms with E-state index in [1.165, 1.54) is 4.88 Å². The van der Waals surface area contributed by atoms with E-state index in [1.807, 2.05) is 6.92 Å². The SMILES string of the molecule is CCONC(c1cccs1)C(C)C. The summed E-state index contributed by atoms with van der Waals surface area (Å²) in [5, 5.41) is 2.10. The van der Waals surface area contributed by atoms with E-state index in [4.69, 9.17) is 4.84 Å². The van der Waals surface area contributed by atoms with Crippen LogP contribution in [0.4, 0.5) is 0 Å². The summed E-state index contributed by atoms with van der Waals surface area (Å²) in [5.41, 5.74) is 3.08. The molecule has 0 aliphatic heterocycles. The van der Waals surface area contributed by atoms with Gasteiger partial charge in [0.15, 0.2) is 0 Å². The summed E-state index contributed by atoms with van der Waals surface area (Å²) in [6.45, 7) is 7.07. The van der Waals surface area contributed by atoms with Crippen LogP contribution in [0.1, 0.15) is 31.7 Å². The van der Waals surface area contributed by atoms with Gasteiger partial charge in [0, 0.05) is 4.88 Å². The predicted molar refractivity (Wildman–Crippen MR) is 56.7 cm³/mol. The van der Waals surface area contributed by atoms with Crippen molar-refractivity contribution in [2.45, 2.75) is 26.8 Å². The summed E-state index contributed by atoms with van der Waals surface area (Å²) >= 11 is 1.77. The molecule has 0 bridgehead atoms. The fraction of sp³-hybridized carbons (Fsp3) is 0.600. The van der Waals surface area contributed by atoms with Crippen molar-refractivity contribution in [3.8, 4) is 0 Å². The Kier molecular flexibility index (Phi) is 4.42. The topological polar surface area (TPSA) is 21.3 Å². The molecule has 0 radical (unpaired) electrons. The molecule has 74 valence electrons. The molecule has 3 heteroatoms. The van der Waals surface area contributed by atoms with Gasteiger partial charge in [0.25, 0.3) is 0 Å². The van der Waals surface area contributed by atoms with Crippen LogP contribution >= 0.6 is 11.3 Å². The fourth-order valence-electron chi connectivity index (χ4n) is 1.16. The van der Waals surface area contributed by atoms with Crippen molar-refractivity contribution >= 4 is 11.3 Å². The van der Waals surface area contributed by atoms with Crippen LogP contribution < -0.4 is 5.48 Å². The highest BCUT2D eigenvalue weighted by Crippen LogP contribution is 2.25. The second-order valence-corrected chi connectivity index (χ2v) is 4.27. The monoisotopic (exact) mass is 199 g/mol. The van der Waals surface area contributed by atoms with E-state index in [-0.39, 0.29) is 0 Å². The molecule has 1 aromatic rings. The van der Waals surface area contributed by atoms with E-state index in [0.717, 1.165) is 0 Å². The van der Waals surface area contributed by atoms with E-state index in [2.05, 4.69) is 36.8 Å². The third kappa shape index (κ3) is 3.10. The van der Waals surface area contributed by atoms with Crippen LogP contribution in [0, 0.1) is 5.92 Å².